The van der Waals surface area contributed by atoms with Crippen molar-refractivity contribution in [1.29, 1.82) is 0 Å². The third-order valence-corrected chi connectivity index (χ3v) is 5.79. The molecule has 1 aromatic heterocycles. The van der Waals surface area contributed by atoms with E-state index in [4.69, 9.17) is 5.11 Å². The molecule has 0 fully saturated rings. The Morgan fingerprint density at radius 3 is 2.45 bits per heavy atom. The summed E-state index contributed by atoms with van der Waals surface area (Å²) in [4.78, 5) is 35.8. The first-order valence-corrected chi connectivity index (χ1v) is 11.3. The largest absolute Gasteiger partial charge is 0.478 e. The van der Waals surface area contributed by atoms with Crippen LogP contribution in [0.1, 0.15) is 52.0 Å². The molecular weight excluding hydrogens is 442 g/mol. The third-order valence-electron chi connectivity index (χ3n) is 4.82. The lowest BCUT2D eigenvalue weighted by molar-refractivity contribution is -0.113. The van der Waals surface area contributed by atoms with Gasteiger partial charge in [-0.2, -0.15) is 0 Å². The van der Waals surface area contributed by atoms with Gasteiger partial charge in [0.2, 0.25) is 5.91 Å². The minimum absolute atomic E-state index is 0.100. The SMILES string of the molecule is CCn1c(SCC(=O)Nc2ccc(C(=O)O)cc2)nnc1[C@@H](C)NC(=O)c1cccc(C)c1. The van der Waals surface area contributed by atoms with Crippen molar-refractivity contribution in [1.82, 2.24) is 20.1 Å². The summed E-state index contributed by atoms with van der Waals surface area (Å²) in [5.74, 6) is -0.772. The van der Waals surface area contributed by atoms with Gasteiger partial charge in [0.15, 0.2) is 11.0 Å². The lowest BCUT2D eigenvalue weighted by atomic mass is 10.1. The number of hydrogen-bond acceptors (Lipinski definition) is 6. The minimum atomic E-state index is -1.03. The molecule has 33 heavy (non-hydrogen) atoms. The van der Waals surface area contributed by atoms with Crippen LogP contribution < -0.4 is 10.6 Å². The number of carbonyl (C=O) groups excluding carboxylic acids is 2. The molecule has 172 valence electrons. The Hall–Kier alpha value is -3.66. The van der Waals surface area contributed by atoms with Gasteiger partial charge >= 0.3 is 5.97 Å². The highest BCUT2D eigenvalue weighted by molar-refractivity contribution is 7.99. The smallest absolute Gasteiger partial charge is 0.335 e. The molecule has 9 nitrogen and oxygen atoms in total. The van der Waals surface area contributed by atoms with Crippen molar-refractivity contribution in [3.8, 4) is 0 Å². The van der Waals surface area contributed by atoms with Gasteiger partial charge in [-0.05, 0) is 57.2 Å². The second kappa shape index (κ2) is 10.8. The molecule has 2 aromatic carbocycles. The van der Waals surface area contributed by atoms with Crippen LogP contribution >= 0.6 is 11.8 Å². The molecule has 3 N–H and O–H groups in total. The normalized spacial score (nSPS) is 11.6. The number of nitrogens with zero attached hydrogens (tertiary/aromatic N) is 3. The number of aromatic nitrogens is 3. The molecule has 2 amide bonds. The lowest BCUT2D eigenvalue weighted by Gasteiger charge is -2.15. The first kappa shape index (κ1) is 24.0. The Labute approximate surface area is 195 Å². The molecule has 0 aliphatic heterocycles. The molecule has 3 aromatic rings. The Bertz CT molecular complexity index is 1160. The molecule has 3 rings (SSSR count). The van der Waals surface area contributed by atoms with Crippen molar-refractivity contribution >= 4 is 35.2 Å². The molecule has 0 aliphatic carbocycles. The topological polar surface area (TPSA) is 126 Å². The Morgan fingerprint density at radius 2 is 1.82 bits per heavy atom. The van der Waals surface area contributed by atoms with E-state index >= 15 is 0 Å². The number of benzene rings is 2. The van der Waals surface area contributed by atoms with Crippen LogP contribution in [0.15, 0.2) is 53.7 Å². The van der Waals surface area contributed by atoms with Crippen LogP contribution in [0.5, 0.6) is 0 Å². The zero-order valence-corrected chi connectivity index (χ0v) is 19.3. The highest BCUT2D eigenvalue weighted by atomic mass is 32.2. The third kappa shape index (κ3) is 6.19. The summed E-state index contributed by atoms with van der Waals surface area (Å²) in [5.41, 5.74) is 2.24. The van der Waals surface area contributed by atoms with Gasteiger partial charge in [0.1, 0.15) is 0 Å². The fourth-order valence-electron chi connectivity index (χ4n) is 3.18. The summed E-state index contributed by atoms with van der Waals surface area (Å²) in [6, 6.07) is 12.9. The Kier molecular flexibility index (Phi) is 7.83. The molecule has 0 saturated carbocycles. The van der Waals surface area contributed by atoms with E-state index in [1.165, 1.54) is 36.0 Å². The predicted octanol–water partition coefficient (Wildman–Crippen LogP) is 3.53. The number of aromatic carboxylic acids is 1. The van der Waals surface area contributed by atoms with Crippen LogP contribution in [0.2, 0.25) is 0 Å². The van der Waals surface area contributed by atoms with Crippen molar-refractivity contribution in [3.63, 3.8) is 0 Å². The molecular formula is C23H25N5O4S. The van der Waals surface area contributed by atoms with E-state index in [-0.39, 0.29) is 29.2 Å². The van der Waals surface area contributed by atoms with E-state index in [2.05, 4.69) is 20.8 Å². The quantitative estimate of drug-likeness (QED) is 0.411. The fraction of sp³-hybridized carbons (Fsp3) is 0.261. The number of rotatable bonds is 9. The van der Waals surface area contributed by atoms with Gasteiger partial charge in [-0.1, -0.05) is 29.5 Å². The number of carboxylic acid groups (broad SMARTS) is 1. The summed E-state index contributed by atoms with van der Waals surface area (Å²) in [5, 5.41) is 23.6. The minimum Gasteiger partial charge on any atom is -0.478 e. The molecule has 1 atom stereocenters. The summed E-state index contributed by atoms with van der Waals surface area (Å²) >= 11 is 1.23. The van der Waals surface area contributed by atoms with Gasteiger partial charge < -0.3 is 20.3 Å². The van der Waals surface area contributed by atoms with Gasteiger partial charge in [-0.3, -0.25) is 9.59 Å². The number of carboxylic acids is 1. The van der Waals surface area contributed by atoms with Crippen LogP contribution in [0.3, 0.4) is 0 Å². The highest BCUT2D eigenvalue weighted by Gasteiger charge is 2.20. The number of aryl methyl sites for hydroxylation is 1. The molecule has 0 aliphatic rings. The van der Waals surface area contributed by atoms with E-state index in [0.29, 0.717) is 28.8 Å². The first-order chi connectivity index (χ1) is 15.8. The van der Waals surface area contributed by atoms with Gasteiger partial charge in [0, 0.05) is 17.8 Å². The van der Waals surface area contributed by atoms with Crippen molar-refractivity contribution in [2.45, 2.75) is 38.5 Å². The van der Waals surface area contributed by atoms with Crippen LogP contribution in [0, 0.1) is 6.92 Å². The maximum atomic E-state index is 12.6. The summed E-state index contributed by atoms with van der Waals surface area (Å²) in [6.45, 7) is 6.29. The van der Waals surface area contributed by atoms with Crippen LogP contribution in [0.25, 0.3) is 0 Å². The summed E-state index contributed by atoms with van der Waals surface area (Å²) in [6.07, 6.45) is 0. The van der Waals surface area contributed by atoms with Crippen molar-refractivity contribution < 1.29 is 19.5 Å². The molecule has 1 heterocycles. The average molecular weight is 468 g/mol. The maximum Gasteiger partial charge on any atom is 0.335 e. The molecule has 10 heteroatoms. The monoisotopic (exact) mass is 467 g/mol. The van der Waals surface area contributed by atoms with Crippen LogP contribution in [0.4, 0.5) is 5.69 Å². The van der Waals surface area contributed by atoms with Gasteiger partial charge in [-0.15, -0.1) is 10.2 Å². The second-order valence-corrected chi connectivity index (χ2v) is 8.31. The summed E-state index contributed by atoms with van der Waals surface area (Å²) in [7, 11) is 0. The zero-order valence-electron chi connectivity index (χ0n) is 18.5. The maximum absolute atomic E-state index is 12.6. The first-order valence-electron chi connectivity index (χ1n) is 10.3. The molecule has 0 spiro atoms. The van der Waals surface area contributed by atoms with Crippen molar-refractivity contribution in [2.24, 2.45) is 0 Å². The molecule has 0 bridgehead atoms. The number of hydrogen-bond donors (Lipinski definition) is 3. The van der Waals surface area contributed by atoms with E-state index < -0.39 is 5.97 Å². The Balaban J connectivity index is 1.60. The van der Waals surface area contributed by atoms with Crippen molar-refractivity contribution in [2.75, 3.05) is 11.1 Å². The number of nitrogens with one attached hydrogen (secondary N) is 2. The lowest BCUT2D eigenvalue weighted by Crippen LogP contribution is -2.28. The molecule has 0 saturated heterocycles. The van der Waals surface area contributed by atoms with E-state index in [1.807, 2.05) is 43.5 Å². The van der Waals surface area contributed by atoms with E-state index in [0.717, 1.165) is 5.56 Å². The Morgan fingerprint density at radius 1 is 1.09 bits per heavy atom. The van der Waals surface area contributed by atoms with Gasteiger partial charge in [0.25, 0.3) is 5.91 Å². The van der Waals surface area contributed by atoms with Crippen molar-refractivity contribution in [3.05, 3.63) is 71.0 Å². The highest BCUT2D eigenvalue weighted by Crippen LogP contribution is 2.21. The van der Waals surface area contributed by atoms with Gasteiger partial charge in [-0.25, -0.2) is 4.79 Å². The predicted molar refractivity (Wildman–Crippen MR) is 126 cm³/mol. The standard InChI is InChI=1S/C23H25N5O4S/c1-4-28-20(15(3)24-21(30)17-7-5-6-14(2)12-17)26-27-23(28)33-13-19(29)25-18-10-8-16(9-11-18)22(31)32/h5-12,15H,4,13H2,1-3H3,(H,24,30)(H,25,29)(H,31,32)/t15-/m1/s1. The van der Waals surface area contributed by atoms with E-state index in [9.17, 15) is 14.4 Å². The second-order valence-electron chi connectivity index (χ2n) is 7.37. The van der Waals surface area contributed by atoms with E-state index in [1.54, 1.807) is 6.07 Å². The number of carbonyl (C=O) groups is 3. The van der Waals surface area contributed by atoms with Crippen LogP contribution in [-0.4, -0.2) is 43.4 Å². The van der Waals surface area contributed by atoms with Crippen LogP contribution in [-0.2, 0) is 11.3 Å². The fourth-order valence-corrected chi connectivity index (χ4v) is 3.99. The molecule has 0 radical (unpaired) electrons. The number of amides is 2. The number of anilines is 1. The zero-order chi connectivity index (χ0) is 24.0. The average Bonchev–Trinajstić information content (AvgIpc) is 3.21. The van der Waals surface area contributed by atoms with Gasteiger partial charge in [0.05, 0.1) is 17.4 Å². The molecule has 0 unspecified atom stereocenters. The number of thioether (sulfide) groups is 1. The summed E-state index contributed by atoms with van der Waals surface area (Å²) < 4.78 is 1.86.